The molecule has 0 aliphatic carbocycles. The molecular weight excluding hydrogens is 494 g/mol. The Morgan fingerprint density at radius 2 is 1.32 bits per heavy atom. The van der Waals surface area contributed by atoms with Crippen LogP contribution in [0.25, 0.3) is 0 Å². The van der Waals surface area contributed by atoms with E-state index in [0.717, 1.165) is 43.1 Å². The van der Waals surface area contributed by atoms with Crippen molar-refractivity contribution in [2.45, 2.75) is 108 Å². The van der Waals surface area contributed by atoms with E-state index in [1.165, 1.54) is 19.3 Å². The molecule has 0 fully saturated rings. The van der Waals surface area contributed by atoms with E-state index in [4.69, 9.17) is 4.74 Å². The fourth-order valence-electron chi connectivity index (χ4n) is 3.08. The summed E-state index contributed by atoms with van der Waals surface area (Å²) in [5, 5.41) is 9.29. The number of amides is 1. The van der Waals surface area contributed by atoms with Crippen LogP contribution in [0.2, 0.25) is 0 Å². The summed E-state index contributed by atoms with van der Waals surface area (Å²) in [4.78, 5) is 12.0. The van der Waals surface area contributed by atoms with Crippen molar-refractivity contribution < 1.29 is 9.53 Å². The second kappa shape index (κ2) is 38.8. The van der Waals surface area contributed by atoms with Gasteiger partial charge in [-0.1, -0.05) is 125 Å². The summed E-state index contributed by atoms with van der Waals surface area (Å²) in [5.74, 6) is 1.50. The Morgan fingerprint density at radius 3 is 1.82 bits per heavy atom. The number of nitrogens with one attached hydrogen (secondary N) is 3. The largest absolute Gasteiger partial charge is 0.493 e. The molecule has 5 nitrogen and oxygen atoms in total. The molecule has 0 radical (unpaired) electrons. The summed E-state index contributed by atoms with van der Waals surface area (Å²) in [7, 11) is 1.97. The highest BCUT2D eigenvalue weighted by Gasteiger charge is 2.04. The maximum atomic E-state index is 12.0. The zero-order valence-corrected chi connectivity index (χ0v) is 28.5. The second-order valence-electron chi connectivity index (χ2n) is 8.14. The van der Waals surface area contributed by atoms with Gasteiger partial charge in [0.2, 0.25) is 5.91 Å². The van der Waals surface area contributed by atoms with Crippen LogP contribution in [0.5, 0.6) is 5.75 Å². The Balaban J connectivity index is -0.000000340. The molecule has 0 aliphatic rings. The minimum absolute atomic E-state index is 0.0370. The van der Waals surface area contributed by atoms with Crippen molar-refractivity contribution in [3.63, 3.8) is 0 Å². The molecule has 2 aromatic rings. The van der Waals surface area contributed by atoms with Crippen molar-refractivity contribution in [1.29, 1.82) is 0 Å². The molecule has 0 heterocycles. The lowest BCUT2D eigenvalue weighted by molar-refractivity contribution is -0.120. The molecule has 1 amide bonds. The number of carbonyl (C=O) groups is 1. The average molecular weight is 562 g/mol. The lowest BCUT2D eigenvalue weighted by atomic mass is 10.1. The van der Waals surface area contributed by atoms with Gasteiger partial charge in [-0.05, 0) is 55.6 Å². The Bertz CT molecular complexity index is 700. The highest BCUT2D eigenvalue weighted by atomic mass is 16.5. The molecule has 0 aliphatic heterocycles. The normalized spacial score (nSPS) is 9.60. The topological polar surface area (TPSA) is 62.4 Å². The molecule has 0 saturated heterocycles. The van der Waals surface area contributed by atoms with Crippen LogP contribution in [0.1, 0.15) is 107 Å². The van der Waals surface area contributed by atoms with E-state index >= 15 is 0 Å². The molecule has 1 atom stereocenters. The predicted octanol–water partition coefficient (Wildman–Crippen LogP) is 8.67. The summed E-state index contributed by atoms with van der Waals surface area (Å²) in [5.41, 5.74) is 2.10. The van der Waals surface area contributed by atoms with Crippen LogP contribution in [0.3, 0.4) is 0 Å². The predicted molar refractivity (Wildman–Crippen MR) is 180 cm³/mol. The number of carbonyl (C=O) groups excluding carboxylic acids is 1. The van der Waals surface area contributed by atoms with Crippen molar-refractivity contribution in [2.24, 2.45) is 5.92 Å². The third kappa shape index (κ3) is 30.2. The van der Waals surface area contributed by atoms with Crippen molar-refractivity contribution in [2.75, 3.05) is 33.3 Å². The van der Waals surface area contributed by atoms with Crippen LogP contribution in [0, 0.1) is 5.92 Å². The minimum Gasteiger partial charge on any atom is -0.493 e. The maximum absolute atomic E-state index is 12.0. The van der Waals surface area contributed by atoms with Crippen LogP contribution in [-0.2, 0) is 17.8 Å². The van der Waals surface area contributed by atoms with Crippen molar-refractivity contribution in [3.8, 4) is 5.75 Å². The summed E-state index contributed by atoms with van der Waals surface area (Å²) in [6.07, 6.45) is 4.01. The van der Waals surface area contributed by atoms with E-state index in [-0.39, 0.29) is 5.91 Å². The van der Waals surface area contributed by atoms with Gasteiger partial charge < -0.3 is 20.7 Å². The quantitative estimate of drug-likeness (QED) is 0.202. The van der Waals surface area contributed by atoms with Gasteiger partial charge in [0.15, 0.2) is 0 Å². The van der Waals surface area contributed by atoms with E-state index in [1.807, 2.05) is 117 Å². The standard InChI is InChI=1S/C21H27NO2.C6H16N2.4C2H6/c1-3-7-17(2)16-24-20-12-10-19(11-13-20)15-22-21(23)14-18-8-5-4-6-9-18;1-3-4-8-6-5-7-2;4*1-2/h4-6,8-13,17H,3,7,14-16H2,1-2H3,(H,22,23);7-8H,3-6H2,1-2H3;4*1-2H3. The molecule has 3 N–H and O–H groups in total. The SMILES string of the molecule is CC.CC.CC.CC.CCCC(C)COc1ccc(CNC(=O)Cc2ccccc2)cc1.CCCNCCNC. The van der Waals surface area contributed by atoms with Crippen LogP contribution in [-0.4, -0.2) is 39.2 Å². The molecule has 0 saturated carbocycles. The highest BCUT2D eigenvalue weighted by molar-refractivity contribution is 5.78. The van der Waals surface area contributed by atoms with E-state index in [1.54, 1.807) is 0 Å². The summed E-state index contributed by atoms with van der Waals surface area (Å²) < 4.78 is 5.79. The Hall–Kier alpha value is -2.37. The average Bonchev–Trinajstić information content (AvgIpc) is 3.03. The lowest BCUT2D eigenvalue weighted by Gasteiger charge is -2.12. The van der Waals surface area contributed by atoms with Crippen LogP contribution in [0.4, 0.5) is 0 Å². The first-order chi connectivity index (χ1) is 19.6. The number of hydrogen-bond donors (Lipinski definition) is 3. The van der Waals surface area contributed by atoms with Crippen LogP contribution in [0.15, 0.2) is 54.6 Å². The van der Waals surface area contributed by atoms with E-state index in [0.29, 0.717) is 18.9 Å². The third-order valence-corrected chi connectivity index (χ3v) is 4.92. The van der Waals surface area contributed by atoms with E-state index < -0.39 is 0 Å². The van der Waals surface area contributed by atoms with Gasteiger partial charge in [0, 0.05) is 19.6 Å². The number of rotatable bonds is 14. The number of ether oxygens (including phenoxy) is 1. The lowest BCUT2D eigenvalue weighted by Crippen LogP contribution is -2.25. The van der Waals surface area contributed by atoms with Gasteiger partial charge in [0.25, 0.3) is 0 Å². The summed E-state index contributed by atoms with van der Waals surface area (Å²) in [6.45, 7) is 27.2. The first kappa shape index (κ1) is 44.6. The van der Waals surface area contributed by atoms with Gasteiger partial charge in [-0.15, -0.1) is 0 Å². The van der Waals surface area contributed by atoms with Crippen molar-refractivity contribution >= 4 is 5.91 Å². The van der Waals surface area contributed by atoms with Gasteiger partial charge in [0.05, 0.1) is 13.0 Å². The molecule has 0 bridgehead atoms. The van der Waals surface area contributed by atoms with Crippen molar-refractivity contribution in [3.05, 3.63) is 65.7 Å². The first-order valence-corrected chi connectivity index (χ1v) is 16.0. The van der Waals surface area contributed by atoms with E-state index in [9.17, 15) is 4.79 Å². The zero-order valence-electron chi connectivity index (χ0n) is 28.5. The van der Waals surface area contributed by atoms with Gasteiger partial charge in [-0.25, -0.2) is 0 Å². The molecule has 0 aromatic heterocycles. The Labute approximate surface area is 250 Å². The van der Waals surface area contributed by atoms with Gasteiger partial charge in [-0.2, -0.15) is 0 Å². The molecule has 2 aromatic carbocycles. The molecule has 2 rings (SSSR count). The van der Waals surface area contributed by atoms with Gasteiger partial charge >= 0.3 is 0 Å². The maximum Gasteiger partial charge on any atom is 0.224 e. The number of benzene rings is 2. The second-order valence-corrected chi connectivity index (χ2v) is 8.14. The fourth-order valence-corrected chi connectivity index (χ4v) is 3.08. The minimum atomic E-state index is 0.0370. The third-order valence-electron chi connectivity index (χ3n) is 4.92. The first-order valence-electron chi connectivity index (χ1n) is 16.0. The molecule has 234 valence electrons. The molecule has 0 spiro atoms. The van der Waals surface area contributed by atoms with E-state index in [2.05, 4.69) is 36.7 Å². The molecule has 1 unspecified atom stereocenters. The van der Waals surface area contributed by atoms with Crippen LogP contribution >= 0.6 is 0 Å². The Kier molecular flexibility index (Phi) is 43.3. The van der Waals surface area contributed by atoms with Crippen LogP contribution < -0.4 is 20.7 Å². The number of hydrogen-bond acceptors (Lipinski definition) is 4. The number of likely N-dealkylation sites (N-methyl/N-ethyl adjacent to an activating group) is 1. The molecular formula is C35H67N3O2. The Morgan fingerprint density at radius 1 is 0.750 bits per heavy atom. The molecule has 40 heavy (non-hydrogen) atoms. The molecule has 5 heteroatoms. The highest BCUT2D eigenvalue weighted by Crippen LogP contribution is 2.14. The smallest absolute Gasteiger partial charge is 0.224 e. The zero-order chi connectivity index (χ0) is 31.4. The van der Waals surface area contributed by atoms with Gasteiger partial charge in [-0.3, -0.25) is 4.79 Å². The van der Waals surface area contributed by atoms with Gasteiger partial charge in [0.1, 0.15) is 5.75 Å². The summed E-state index contributed by atoms with van der Waals surface area (Å²) >= 11 is 0. The fraction of sp³-hybridized carbons (Fsp3) is 0.629. The summed E-state index contributed by atoms with van der Waals surface area (Å²) in [6, 6.07) is 17.7. The van der Waals surface area contributed by atoms with Crippen molar-refractivity contribution in [1.82, 2.24) is 16.0 Å². The monoisotopic (exact) mass is 562 g/mol.